The molecule has 0 saturated carbocycles. The highest BCUT2D eigenvalue weighted by Gasteiger charge is 2.23. The molecule has 7 heteroatoms. The first-order valence-corrected chi connectivity index (χ1v) is 9.06. The molecule has 2 aromatic carbocycles. The summed E-state index contributed by atoms with van der Waals surface area (Å²) in [4.78, 5) is 33.2. The molecule has 142 valence electrons. The van der Waals surface area contributed by atoms with E-state index in [4.69, 9.17) is 0 Å². The second-order valence-electron chi connectivity index (χ2n) is 7.11. The van der Waals surface area contributed by atoms with Gasteiger partial charge in [-0.3, -0.25) is 14.9 Å². The number of benzene rings is 2. The smallest absolute Gasteiger partial charge is 0.267 e. The summed E-state index contributed by atoms with van der Waals surface area (Å²) in [7, 11) is 0. The Morgan fingerprint density at radius 2 is 1.89 bits per heavy atom. The minimum absolute atomic E-state index is 0.192. The van der Waals surface area contributed by atoms with E-state index >= 15 is 0 Å². The number of amides is 1. The van der Waals surface area contributed by atoms with E-state index < -0.39 is 11.5 Å². The summed E-state index contributed by atoms with van der Waals surface area (Å²) in [5, 5.41) is 13.7. The van der Waals surface area contributed by atoms with Crippen LogP contribution in [0.1, 0.15) is 24.2 Å². The predicted octanol–water partition coefficient (Wildman–Crippen LogP) is 3.49. The fourth-order valence-electron chi connectivity index (χ4n) is 3.32. The summed E-state index contributed by atoms with van der Waals surface area (Å²) in [5.74, 6) is -0.621. The van der Waals surface area contributed by atoms with Crippen LogP contribution in [0.15, 0.2) is 53.3 Å². The highest BCUT2D eigenvalue weighted by atomic mass is 16.3. The summed E-state index contributed by atoms with van der Waals surface area (Å²) in [6, 6.07) is 14.4. The Morgan fingerprint density at radius 3 is 2.64 bits per heavy atom. The van der Waals surface area contributed by atoms with Crippen molar-refractivity contribution >= 4 is 33.8 Å². The van der Waals surface area contributed by atoms with Crippen molar-refractivity contribution in [3.05, 3.63) is 64.4 Å². The molecular formula is C21H20N4O3. The zero-order chi connectivity index (χ0) is 19.8. The molecule has 0 atom stereocenters. The lowest BCUT2D eigenvalue weighted by atomic mass is 10.1. The van der Waals surface area contributed by atoms with Gasteiger partial charge in [0.25, 0.3) is 11.5 Å². The van der Waals surface area contributed by atoms with Gasteiger partial charge in [-0.25, -0.2) is 4.98 Å². The van der Waals surface area contributed by atoms with Crippen molar-refractivity contribution in [2.75, 3.05) is 5.32 Å². The van der Waals surface area contributed by atoms with Crippen LogP contribution in [0, 0.1) is 5.92 Å². The molecule has 0 aliphatic heterocycles. The molecule has 4 rings (SSSR count). The molecule has 0 radical (unpaired) electrons. The number of pyridine rings is 1. The van der Waals surface area contributed by atoms with Gasteiger partial charge in [-0.05, 0) is 30.2 Å². The number of aromatic nitrogens is 3. The number of para-hydroxylation sites is 3. The van der Waals surface area contributed by atoms with Crippen LogP contribution < -0.4 is 10.9 Å². The number of aromatic hydroxyl groups is 1. The number of aromatic amines is 1. The molecule has 4 aromatic rings. The molecule has 28 heavy (non-hydrogen) atoms. The Hall–Kier alpha value is -3.61. The van der Waals surface area contributed by atoms with Gasteiger partial charge in [-0.1, -0.05) is 38.1 Å². The maximum absolute atomic E-state index is 13.1. The highest BCUT2D eigenvalue weighted by molar-refractivity contribution is 6.08. The van der Waals surface area contributed by atoms with Crippen LogP contribution in [0.5, 0.6) is 5.75 Å². The van der Waals surface area contributed by atoms with Gasteiger partial charge in [0.15, 0.2) is 0 Å². The standard InChI is InChI=1S/C21H20N4O3/c1-12(2)11-25-16-10-6-3-7-13(16)18(26)17(20(25)28)19(27)24-21-22-14-8-4-5-9-15(14)23-21/h3-10,12,26H,11H2,1-2H3,(H2,22,23,24,27). The Labute approximate surface area is 160 Å². The Balaban J connectivity index is 1.82. The maximum atomic E-state index is 13.1. The maximum Gasteiger partial charge on any atom is 0.267 e. The number of anilines is 1. The molecule has 7 nitrogen and oxygen atoms in total. The van der Waals surface area contributed by atoms with Gasteiger partial charge in [0.05, 0.1) is 16.6 Å². The monoisotopic (exact) mass is 376 g/mol. The Bertz CT molecular complexity index is 1220. The molecule has 0 fully saturated rings. The molecule has 0 aliphatic carbocycles. The van der Waals surface area contributed by atoms with Crippen LogP contribution in [-0.2, 0) is 6.54 Å². The number of hydrogen-bond acceptors (Lipinski definition) is 4. The van der Waals surface area contributed by atoms with Crippen LogP contribution >= 0.6 is 0 Å². The van der Waals surface area contributed by atoms with Gasteiger partial charge < -0.3 is 14.7 Å². The summed E-state index contributed by atoms with van der Waals surface area (Å²) in [5.41, 5.74) is 1.23. The van der Waals surface area contributed by atoms with Gasteiger partial charge in [0, 0.05) is 11.9 Å². The van der Waals surface area contributed by atoms with Crippen molar-refractivity contribution in [3.8, 4) is 5.75 Å². The van der Waals surface area contributed by atoms with E-state index in [0.29, 0.717) is 23.0 Å². The summed E-state index contributed by atoms with van der Waals surface area (Å²) in [6.45, 7) is 4.41. The first-order chi connectivity index (χ1) is 13.5. The van der Waals surface area contributed by atoms with E-state index in [1.165, 1.54) is 4.57 Å². The molecule has 0 unspecified atom stereocenters. The lowest BCUT2D eigenvalue weighted by Crippen LogP contribution is -2.31. The SMILES string of the molecule is CC(C)Cn1c(=O)c(C(=O)Nc2nc3ccccc3[nH]2)c(O)c2ccccc21. The fraction of sp³-hybridized carbons (Fsp3) is 0.190. The summed E-state index contributed by atoms with van der Waals surface area (Å²) >= 11 is 0. The molecule has 3 N–H and O–H groups in total. The first-order valence-electron chi connectivity index (χ1n) is 9.06. The van der Waals surface area contributed by atoms with Crippen molar-refractivity contribution in [1.82, 2.24) is 14.5 Å². The van der Waals surface area contributed by atoms with Crippen molar-refractivity contribution in [1.29, 1.82) is 0 Å². The Morgan fingerprint density at radius 1 is 1.18 bits per heavy atom. The van der Waals surface area contributed by atoms with Crippen LogP contribution in [0.3, 0.4) is 0 Å². The highest BCUT2D eigenvalue weighted by Crippen LogP contribution is 2.27. The second kappa shape index (κ2) is 6.84. The van der Waals surface area contributed by atoms with Gasteiger partial charge in [0.2, 0.25) is 5.95 Å². The van der Waals surface area contributed by atoms with Gasteiger partial charge in [0.1, 0.15) is 11.3 Å². The quantitative estimate of drug-likeness (QED) is 0.507. The number of H-pyrrole nitrogens is 1. The Kier molecular flexibility index (Phi) is 4.35. The van der Waals surface area contributed by atoms with E-state index in [0.717, 1.165) is 5.52 Å². The van der Waals surface area contributed by atoms with Gasteiger partial charge >= 0.3 is 0 Å². The first kappa shape index (κ1) is 17.8. The third kappa shape index (κ3) is 3.00. The molecule has 2 aromatic heterocycles. The minimum atomic E-state index is -0.704. The molecule has 0 spiro atoms. The number of imidazole rings is 1. The van der Waals surface area contributed by atoms with E-state index in [-0.39, 0.29) is 23.2 Å². The predicted molar refractivity (Wildman–Crippen MR) is 109 cm³/mol. The van der Waals surface area contributed by atoms with E-state index in [2.05, 4.69) is 15.3 Å². The van der Waals surface area contributed by atoms with Crippen LogP contribution in [-0.4, -0.2) is 25.5 Å². The number of fused-ring (bicyclic) bond motifs is 2. The van der Waals surface area contributed by atoms with Crippen molar-refractivity contribution in [2.24, 2.45) is 5.92 Å². The van der Waals surface area contributed by atoms with Crippen LogP contribution in [0.4, 0.5) is 5.95 Å². The lowest BCUT2D eigenvalue weighted by Gasteiger charge is -2.16. The van der Waals surface area contributed by atoms with Crippen molar-refractivity contribution in [3.63, 3.8) is 0 Å². The number of nitrogens with one attached hydrogen (secondary N) is 2. The average molecular weight is 376 g/mol. The number of hydrogen-bond donors (Lipinski definition) is 3. The summed E-state index contributed by atoms with van der Waals surface area (Å²) in [6.07, 6.45) is 0. The van der Waals surface area contributed by atoms with Crippen molar-refractivity contribution in [2.45, 2.75) is 20.4 Å². The number of nitrogens with zero attached hydrogens (tertiary/aromatic N) is 2. The molecule has 0 bridgehead atoms. The zero-order valence-electron chi connectivity index (χ0n) is 15.6. The molecule has 2 heterocycles. The van der Waals surface area contributed by atoms with Crippen molar-refractivity contribution < 1.29 is 9.90 Å². The third-order valence-corrected chi connectivity index (χ3v) is 4.54. The van der Waals surface area contributed by atoms with Gasteiger partial charge in [-0.15, -0.1) is 0 Å². The van der Waals surface area contributed by atoms with Crippen LogP contribution in [0.25, 0.3) is 21.9 Å². The summed E-state index contributed by atoms with van der Waals surface area (Å²) < 4.78 is 1.53. The van der Waals surface area contributed by atoms with E-state index in [9.17, 15) is 14.7 Å². The molecular weight excluding hydrogens is 356 g/mol. The molecule has 0 saturated heterocycles. The zero-order valence-corrected chi connectivity index (χ0v) is 15.6. The van der Waals surface area contributed by atoms with Gasteiger partial charge in [-0.2, -0.15) is 0 Å². The lowest BCUT2D eigenvalue weighted by molar-refractivity contribution is 0.102. The number of carbonyl (C=O) groups is 1. The van der Waals surface area contributed by atoms with Crippen LogP contribution in [0.2, 0.25) is 0 Å². The fourth-order valence-corrected chi connectivity index (χ4v) is 3.32. The topological polar surface area (TPSA) is 100 Å². The molecule has 0 aliphatic rings. The normalized spacial score (nSPS) is 11.4. The van der Waals surface area contributed by atoms with E-state index in [1.807, 2.05) is 38.1 Å². The molecule has 1 amide bonds. The third-order valence-electron chi connectivity index (χ3n) is 4.54. The number of carbonyl (C=O) groups excluding carboxylic acids is 1. The van der Waals surface area contributed by atoms with E-state index in [1.54, 1.807) is 24.3 Å². The minimum Gasteiger partial charge on any atom is -0.506 e. The second-order valence-corrected chi connectivity index (χ2v) is 7.11. The largest absolute Gasteiger partial charge is 0.506 e. The average Bonchev–Trinajstić information content (AvgIpc) is 3.07. The number of rotatable bonds is 4.